The molecule has 6 heteroatoms. The lowest BCUT2D eigenvalue weighted by Gasteiger charge is -2.04. The lowest BCUT2D eigenvalue weighted by atomic mass is 10.1. The molecule has 6 nitrogen and oxygen atoms in total. The third-order valence-corrected chi connectivity index (χ3v) is 3.12. The number of carbonyl (C=O) groups is 1. The smallest absolute Gasteiger partial charge is 0.272 e. The van der Waals surface area contributed by atoms with Gasteiger partial charge in [-0.25, -0.2) is 0 Å². The van der Waals surface area contributed by atoms with Gasteiger partial charge >= 0.3 is 0 Å². The number of fused-ring (bicyclic) bond motifs is 1. The third kappa shape index (κ3) is 1.95. The Morgan fingerprint density at radius 3 is 2.45 bits per heavy atom. The number of hydrogen-bond donors (Lipinski definition) is 0. The van der Waals surface area contributed by atoms with Gasteiger partial charge in [0.1, 0.15) is 5.82 Å². The summed E-state index contributed by atoms with van der Waals surface area (Å²) in [5.74, 6) is 0.841. The zero-order chi connectivity index (χ0) is 14.3. The Balaban J connectivity index is 2.11. The Kier molecular flexibility index (Phi) is 2.78. The summed E-state index contributed by atoms with van der Waals surface area (Å²) in [5.41, 5.74) is 2.63. The Labute approximate surface area is 115 Å². The summed E-state index contributed by atoms with van der Waals surface area (Å²) in [6, 6.07) is 7.37. The van der Waals surface area contributed by atoms with Gasteiger partial charge in [-0.15, -0.1) is 15.3 Å². The second-order valence-electron chi connectivity index (χ2n) is 4.70. The molecular formula is C14H13N5O. The third-order valence-electron chi connectivity index (χ3n) is 3.12. The van der Waals surface area contributed by atoms with Gasteiger partial charge in [0.25, 0.3) is 5.78 Å². The summed E-state index contributed by atoms with van der Waals surface area (Å²) in [7, 11) is 0. The monoisotopic (exact) mass is 267 g/mol. The highest BCUT2D eigenvalue weighted by Gasteiger charge is 2.17. The molecule has 3 aromatic rings. The minimum atomic E-state index is -0.162. The average Bonchev–Trinajstić information content (AvgIpc) is 2.81. The normalized spacial score (nSPS) is 10.9. The van der Waals surface area contributed by atoms with Crippen molar-refractivity contribution in [1.82, 2.24) is 24.8 Å². The van der Waals surface area contributed by atoms with Crippen molar-refractivity contribution in [2.75, 3.05) is 0 Å². The SMILES string of the molecule is Cc1ccc(C(=O)c2nnc3nc(C)nn3c2C)cc1. The first-order valence-corrected chi connectivity index (χ1v) is 6.24. The zero-order valence-corrected chi connectivity index (χ0v) is 11.5. The van der Waals surface area contributed by atoms with Crippen molar-refractivity contribution >= 4 is 11.6 Å². The van der Waals surface area contributed by atoms with Gasteiger partial charge in [0.2, 0.25) is 5.78 Å². The molecule has 1 aromatic carbocycles. The average molecular weight is 267 g/mol. The Bertz CT molecular complexity index is 804. The molecule has 2 heterocycles. The summed E-state index contributed by atoms with van der Waals surface area (Å²) < 4.78 is 1.55. The molecule has 0 bridgehead atoms. The van der Waals surface area contributed by atoms with Crippen LogP contribution < -0.4 is 0 Å². The summed E-state index contributed by atoms with van der Waals surface area (Å²) in [6.45, 7) is 5.54. The summed E-state index contributed by atoms with van der Waals surface area (Å²) in [4.78, 5) is 16.6. The topological polar surface area (TPSA) is 73.0 Å². The first-order chi connectivity index (χ1) is 9.56. The van der Waals surface area contributed by atoms with E-state index in [-0.39, 0.29) is 5.78 Å². The van der Waals surface area contributed by atoms with Crippen LogP contribution in [0.3, 0.4) is 0 Å². The van der Waals surface area contributed by atoms with Crippen LogP contribution in [0.15, 0.2) is 24.3 Å². The van der Waals surface area contributed by atoms with E-state index in [9.17, 15) is 4.79 Å². The molecule has 20 heavy (non-hydrogen) atoms. The van der Waals surface area contributed by atoms with Crippen molar-refractivity contribution in [1.29, 1.82) is 0 Å². The van der Waals surface area contributed by atoms with Crippen LogP contribution >= 0.6 is 0 Å². The van der Waals surface area contributed by atoms with Gasteiger partial charge < -0.3 is 0 Å². The van der Waals surface area contributed by atoms with Crippen LogP contribution in [-0.4, -0.2) is 30.6 Å². The van der Waals surface area contributed by atoms with Crippen LogP contribution in [0.4, 0.5) is 0 Å². The van der Waals surface area contributed by atoms with Crippen molar-refractivity contribution in [2.45, 2.75) is 20.8 Å². The molecular weight excluding hydrogens is 254 g/mol. The fraction of sp³-hybridized carbons (Fsp3) is 0.214. The molecule has 100 valence electrons. The van der Waals surface area contributed by atoms with Crippen LogP contribution in [-0.2, 0) is 0 Å². The van der Waals surface area contributed by atoms with E-state index in [0.29, 0.717) is 28.6 Å². The van der Waals surface area contributed by atoms with Gasteiger partial charge in [-0.2, -0.15) is 9.50 Å². The largest absolute Gasteiger partial charge is 0.287 e. The van der Waals surface area contributed by atoms with Gasteiger partial charge in [0.05, 0.1) is 5.69 Å². The van der Waals surface area contributed by atoms with E-state index >= 15 is 0 Å². The van der Waals surface area contributed by atoms with Crippen molar-refractivity contribution in [3.8, 4) is 0 Å². The van der Waals surface area contributed by atoms with Crippen LogP contribution in [0.5, 0.6) is 0 Å². The molecule has 0 saturated heterocycles. The van der Waals surface area contributed by atoms with E-state index in [1.54, 1.807) is 30.5 Å². The van der Waals surface area contributed by atoms with Gasteiger partial charge in [-0.05, 0) is 20.8 Å². The van der Waals surface area contributed by atoms with Crippen molar-refractivity contribution in [3.05, 3.63) is 52.6 Å². The van der Waals surface area contributed by atoms with E-state index in [4.69, 9.17) is 0 Å². The summed E-state index contributed by atoms with van der Waals surface area (Å²) in [5, 5.41) is 12.2. The molecule has 0 radical (unpaired) electrons. The van der Waals surface area contributed by atoms with E-state index in [2.05, 4.69) is 20.3 Å². The standard InChI is InChI=1S/C14H13N5O/c1-8-4-6-11(7-5-8)13(20)12-9(2)19-14(17-16-12)15-10(3)18-19/h4-7H,1-3H3. The van der Waals surface area contributed by atoms with Crippen LogP contribution in [0.1, 0.15) is 33.1 Å². The molecule has 3 rings (SSSR count). The van der Waals surface area contributed by atoms with Crippen molar-refractivity contribution < 1.29 is 4.79 Å². The predicted octanol–water partition coefficient (Wildman–Crippen LogP) is 1.68. The Morgan fingerprint density at radius 2 is 1.75 bits per heavy atom. The molecule has 0 N–H and O–H groups in total. The zero-order valence-electron chi connectivity index (χ0n) is 11.5. The number of benzene rings is 1. The van der Waals surface area contributed by atoms with E-state index in [1.165, 1.54) is 0 Å². The molecule has 0 spiro atoms. The molecule has 0 fully saturated rings. The van der Waals surface area contributed by atoms with E-state index in [1.807, 2.05) is 19.1 Å². The van der Waals surface area contributed by atoms with Crippen LogP contribution in [0, 0.1) is 20.8 Å². The second kappa shape index (κ2) is 4.48. The Hall–Kier alpha value is -2.63. The first-order valence-electron chi connectivity index (χ1n) is 6.24. The molecule has 0 saturated carbocycles. The molecule has 0 amide bonds. The van der Waals surface area contributed by atoms with Gasteiger partial charge in [-0.3, -0.25) is 4.79 Å². The molecule has 0 atom stereocenters. The van der Waals surface area contributed by atoms with Gasteiger partial charge in [0, 0.05) is 5.56 Å². The van der Waals surface area contributed by atoms with Crippen molar-refractivity contribution in [3.63, 3.8) is 0 Å². The number of rotatable bonds is 2. The van der Waals surface area contributed by atoms with Crippen LogP contribution in [0.25, 0.3) is 5.78 Å². The minimum Gasteiger partial charge on any atom is -0.287 e. The quantitative estimate of drug-likeness (QED) is 0.660. The number of nitrogens with zero attached hydrogens (tertiary/aromatic N) is 5. The van der Waals surface area contributed by atoms with Gasteiger partial charge in [0.15, 0.2) is 5.69 Å². The summed E-state index contributed by atoms with van der Waals surface area (Å²) in [6.07, 6.45) is 0. The maximum absolute atomic E-state index is 12.5. The number of carbonyl (C=O) groups excluding carboxylic acids is 1. The van der Waals surface area contributed by atoms with Crippen LogP contribution in [0.2, 0.25) is 0 Å². The molecule has 2 aromatic heterocycles. The lowest BCUT2D eigenvalue weighted by molar-refractivity contribution is 0.103. The lowest BCUT2D eigenvalue weighted by Crippen LogP contribution is -2.12. The van der Waals surface area contributed by atoms with Crippen molar-refractivity contribution in [2.24, 2.45) is 0 Å². The Morgan fingerprint density at radius 1 is 1.05 bits per heavy atom. The number of ketones is 1. The second-order valence-corrected chi connectivity index (χ2v) is 4.70. The first kappa shape index (κ1) is 12.4. The highest BCUT2D eigenvalue weighted by Crippen LogP contribution is 2.12. The number of aromatic nitrogens is 5. The maximum atomic E-state index is 12.5. The maximum Gasteiger partial charge on any atom is 0.272 e. The van der Waals surface area contributed by atoms with E-state index in [0.717, 1.165) is 5.56 Å². The molecule has 0 aliphatic heterocycles. The highest BCUT2D eigenvalue weighted by molar-refractivity contribution is 6.08. The number of hydrogen-bond acceptors (Lipinski definition) is 5. The minimum absolute atomic E-state index is 0.162. The number of aryl methyl sites for hydroxylation is 3. The van der Waals surface area contributed by atoms with E-state index < -0.39 is 0 Å². The molecule has 0 aliphatic rings. The molecule has 0 unspecified atom stereocenters. The molecule has 0 aliphatic carbocycles. The summed E-state index contributed by atoms with van der Waals surface area (Å²) >= 11 is 0. The highest BCUT2D eigenvalue weighted by atomic mass is 16.1. The predicted molar refractivity (Wildman–Crippen MR) is 72.7 cm³/mol. The fourth-order valence-electron chi connectivity index (χ4n) is 2.01. The fourth-order valence-corrected chi connectivity index (χ4v) is 2.01. The van der Waals surface area contributed by atoms with Gasteiger partial charge in [-0.1, -0.05) is 29.8 Å².